The summed E-state index contributed by atoms with van der Waals surface area (Å²) in [5, 5.41) is 8.77. The van der Waals surface area contributed by atoms with Crippen LogP contribution in [-0.2, 0) is 4.79 Å². The number of likely N-dealkylation sites (N-methyl/N-ethyl adjacent to an activating group) is 1. The van der Waals surface area contributed by atoms with E-state index >= 15 is 0 Å². The second kappa shape index (κ2) is 6.60. The van der Waals surface area contributed by atoms with Gasteiger partial charge in [0.25, 0.3) is 0 Å². The van der Waals surface area contributed by atoms with Crippen molar-refractivity contribution in [2.75, 3.05) is 19.6 Å². The maximum Gasteiger partial charge on any atom is 0.307 e. The van der Waals surface area contributed by atoms with Crippen molar-refractivity contribution in [1.29, 1.82) is 0 Å². The van der Waals surface area contributed by atoms with E-state index in [1.54, 1.807) is 6.92 Å². The molecule has 0 saturated carbocycles. The van der Waals surface area contributed by atoms with Crippen LogP contribution in [0, 0.1) is 5.92 Å². The Morgan fingerprint density at radius 3 is 2.43 bits per heavy atom. The van der Waals surface area contributed by atoms with Crippen molar-refractivity contribution < 1.29 is 9.90 Å². The molecule has 0 aromatic carbocycles. The van der Waals surface area contributed by atoms with E-state index in [1.807, 2.05) is 6.92 Å². The van der Waals surface area contributed by atoms with E-state index in [4.69, 9.17) is 5.11 Å². The molecule has 0 radical (unpaired) electrons. The van der Waals surface area contributed by atoms with Crippen LogP contribution in [0.15, 0.2) is 12.2 Å². The van der Waals surface area contributed by atoms with Gasteiger partial charge in [-0.2, -0.15) is 0 Å². The average molecular weight is 199 g/mol. The lowest BCUT2D eigenvalue weighted by Gasteiger charge is -2.23. The maximum atomic E-state index is 10.7. The van der Waals surface area contributed by atoms with Crippen molar-refractivity contribution in [2.24, 2.45) is 5.92 Å². The molecule has 3 nitrogen and oxygen atoms in total. The van der Waals surface area contributed by atoms with Crippen molar-refractivity contribution in [3.8, 4) is 0 Å². The first kappa shape index (κ1) is 13.2. The lowest BCUT2D eigenvalue weighted by Crippen LogP contribution is -2.33. The van der Waals surface area contributed by atoms with Gasteiger partial charge in [0.15, 0.2) is 0 Å². The second-order valence-corrected chi connectivity index (χ2v) is 3.67. The highest BCUT2D eigenvalue weighted by Gasteiger charge is 2.14. The zero-order valence-electron chi connectivity index (χ0n) is 9.42. The summed E-state index contributed by atoms with van der Waals surface area (Å²) in [6.07, 6.45) is 0.956. The van der Waals surface area contributed by atoms with E-state index in [0.29, 0.717) is 6.54 Å². The lowest BCUT2D eigenvalue weighted by atomic mass is 10.1. The molecule has 3 heteroatoms. The molecule has 0 bridgehead atoms. The van der Waals surface area contributed by atoms with Gasteiger partial charge < -0.3 is 5.11 Å². The Kier molecular flexibility index (Phi) is 6.21. The molecule has 0 rings (SSSR count). The van der Waals surface area contributed by atoms with Gasteiger partial charge in [-0.25, -0.2) is 0 Å². The number of aliphatic carboxylic acids is 1. The molecular formula is C11H21NO2. The Labute approximate surface area is 86.4 Å². The van der Waals surface area contributed by atoms with Gasteiger partial charge in [-0.3, -0.25) is 9.69 Å². The molecular weight excluding hydrogens is 178 g/mol. The summed E-state index contributed by atoms with van der Waals surface area (Å²) >= 11 is 0. The van der Waals surface area contributed by atoms with Gasteiger partial charge in [-0.1, -0.05) is 32.9 Å². The Morgan fingerprint density at radius 1 is 1.50 bits per heavy atom. The van der Waals surface area contributed by atoms with Crippen LogP contribution in [-0.4, -0.2) is 35.6 Å². The SMILES string of the molecule is C=C(CC)CN(CC)CC(C)C(=O)O. The van der Waals surface area contributed by atoms with E-state index in [-0.39, 0.29) is 5.92 Å². The molecule has 1 atom stereocenters. The highest BCUT2D eigenvalue weighted by atomic mass is 16.4. The van der Waals surface area contributed by atoms with Crippen LogP contribution < -0.4 is 0 Å². The van der Waals surface area contributed by atoms with Crippen LogP contribution in [0.3, 0.4) is 0 Å². The number of nitrogens with zero attached hydrogens (tertiary/aromatic N) is 1. The molecule has 0 spiro atoms. The highest BCUT2D eigenvalue weighted by Crippen LogP contribution is 2.05. The monoisotopic (exact) mass is 199 g/mol. The van der Waals surface area contributed by atoms with E-state index in [9.17, 15) is 4.79 Å². The molecule has 14 heavy (non-hydrogen) atoms. The summed E-state index contributed by atoms with van der Waals surface area (Å²) in [5.74, 6) is -1.04. The van der Waals surface area contributed by atoms with Gasteiger partial charge in [0.1, 0.15) is 0 Å². The molecule has 1 N–H and O–H groups in total. The van der Waals surface area contributed by atoms with Crippen LogP contribution in [0.1, 0.15) is 27.2 Å². The van der Waals surface area contributed by atoms with E-state index < -0.39 is 5.97 Å². The van der Waals surface area contributed by atoms with Gasteiger partial charge in [-0.05, 0) is 13.0 Å². The standard InChI is InChI=1S/C11H21NO2/c1-5-9(3)7-12(6-2)8-10(4)11(13)14/h10H,3,5-8H2,1-2,4H3,(H,13,14). The number of carbonyl (C=O) groups is 1. The number of carboxylic acid groups (broad SMARTS) is 1. The Bertz CT molecular complexity index is 201. The largest absolute Gasteiger partial charge is 0.481 e. The van der Waals surface area contributed by atoms with Gasteiger partial charge in [0, 0.05) is 13.1 Å². The molecule has 0 aromatic heterocycles. The zero-order valence-corrected chi connectivity index (χ0v) is 9.42. The third kappa shape index (κ3) is 5.02. The minimum Gasteiger partial charge on any atom is -0.481 e. The first-order chi connectivity index (χ1) is 6.51. The fourth-order valence-corrected chi connectivity index (χ4v) is 1.20. The molecule has 0 aliphatic carbocycles. The van der Waals surface area contributed by atoms with Gasteiger partial charge >= 0.3 is 5.97 Å². The quantitative estimate of drug-likeness (QED) is 0.637. The smallest absolute Gasteiger partial charge is 0.307 e. The predicted molar refractivity (Wildman–Crippen MR) is 58.3 cm³/mol. The summed E-state index contributed by atoms with van der Waals surface area (Å²) in [4.78, 5) is 12.8. The Hall–Kier alpha value is -0.830. The highest BCUT2D eigenvalue weighted by molar-refractivity contribution is 5.69. The third-order valence-electron chi connectivity index (χ3n) is 2.35. The number of hydrogen-bond donors (Lipinski definition) is 1. The molecule has 0 saturated heterocycles. The minimum atomic E-state index is -0.731. The maximum absolute atomic E-state index is 10.7. The molecule has 0 aromatic rings. The first-order valence-corrected chi connectivity index (χ1v) is 5.13. The van der Waals surface area contributed by atoms with Crippen molar-refractivity contribution in [2.45, 2.75) is 27.2 Å². The molecule has 0 heterocycles. The average Bonchev–Trinajstić information content (AvgIpc) is 2.16. The van der Waals surface area contributed by atoms with E-state index in [0.717, 1.165) is 25.1 Å². The fourth-order valence-electron chi connectivity index (χ4n) is 1.20. The normalized spacial score (nSPS) is 12.9. The number of rotatable bonds is 7. The van der Waals surface area contributed by atoms with E-state index in [2.05, 4.69) is 18.4 Å². The number of carboxylic acids is 1. The summed E-state index contributed by atoms with van der Waals surface area (Å²) in [5.41, 5.74) is 1.16. The fraction of sp³-hybridized carbons (Fsp3) is 0.727. The summed E-state index contributed by atoms with van der Waals surface area (Å²) in [7, 11) is 0. The molecule has 0 aliphatic heterocycles. The van der Waals surface area contributed by atoms with Crippen molar-refractivity contribution in [1.82, 2.24) is 4.90 Å². The summed E-state index contributed by atoms with van der Waals surface area (Å²) in [6, 6.07) is 0. The first-order valence-electron chi connectivity index (χ1n) is 5.13. The van der Waals surface area contributed by atoms with Crippen LogP contribution in [0.5, 0.6) is 0 Å². The van der Waals surface area contributed by atoms with Gasteiger partial charge in [0.05, 0.1) is 5.92 Å². The van der Waals surface area contributed by atoms with Crippen LogP contribution >= 0.6 is 0 Å². The van der Waals surface area contributed by atoms with Crippen molar-refractivity contribution in [3.05, 3.63) is 12.2 Å². The Balaban J connectivity index is 4.02. The van der Waals surface area contributed by atoms with Crippen LogP contribution in [0.25, 0.3) is 0 Å². The predicted octanol–water partition coefficient (Wildman–Crippen LogP) is 2.00. The van der Waals surface area contributed by atoms with Crippen LogP contribution in [0.2, 0.25) is 0 Å². The zero-order chi connectivity index (χ0) is 11.1. The molecule has 0 amide bonds. The number of hydrogen-bond acceptors (Lipinski definition) is 2. The molecule has 0 fully saturated rings. The second-order valence-electron chi connectivity index (χ2n) is 3.67. The van der Waals surface area contributed by atoms with E-state index in [1.165, 1.54) is 0 Å². The third-order valence-corrected chi connectivity index (χ3v) is 2.35. The minimum absolute atomic E-state index is 0.306. The lowest BCUT2D eigenvalue weighted by molar-refractivity contribution is -0.141. The molecule has 0 aliphatic rings. The van der Waals surface area contributed by atoms with Gasteiger partial charge in [0.2, 0.25) is 0 Å². The van der Waals surface area contributed by atoms with Crippen LogP contribution in [0.4, 0.5) is 0 Å². The Morgan fingerprint density at radius 2 is 2.07 bits per heavy atom. The van der Waals surface area contributed by atoms with Crippen molar-refractivity contribution >= 4 is 5.97 Å². The van der Waals surface area contributed by atoms with Crippen molar-refractivity contribution in [3.63, 3.8) is 0 Å². The topological polar surface area (TPSA) is 40.5 Å². The molecule has 1 unspecified atom stereocenters. The van der Waals surface area contributed by atoms with Gasteiger partial charge in [-0.15, -0.1) is 0 Å². The summed E-state index contributed by atoms with van der Waals surface area (Å²) in [6.45, 7) is 12.0. The summed E-state index contributed by atoms with van der Waals surface area (Å²) < 4.78 is 0. The molecule has 82 valence electrons.